The largest absolute Gasteiger partial charge is 0.460 e. The Balaban J connectivity index is 1.45. The van der Waals surface area contributed by atoms with Gasteiger partial charge in [-0.05, 0) is 74.4 Å². The van der Waals surface area contributed by atoms with Gasteiger partial charge in [-0.2, -0.15) is 8.61 Å². The number of halogens is 1. The lowest BCUT2D eigenvalue weighted by atomic mass is 9.86. The molecule has 1 N–H and O–H groups in total. The van der Waals surface area contributed by atoms with Crippen LogP contribution in [0.15, 0.2) is 114 Å². The zero-order chi connectivity index (χ0) is 42.8. The number of benzene rings is 3. The molecule has 0 bridgehead atoms. The Bertz CT molecular complexity index is 2740. The summed E-state index contributed by atoms with van der Waals surface area (Å²) in [6.07, 6.45) is -1.01. The predicted molar refractivity (Wildman–Crippen MR) is 213 cm³/mol. The highest BCUT2D eigenvalue weighted by atomic mass is 79.9. The second-order valence-electron chi connectivity index (χ2n) is 15.1. The Kier molecular flexibility index (Phi) is 10.8. The molecule has 59 heavy (non-hydrogen) atoms. The van der Waals surface area contributed by atoms with E-state index in [9.17, 15) is 46.1 Å². The van der Waals surface area contributed by atoms with E-state index >= 15 is 0 Å². The number of esters is 1. The minimum Gasteiger partial charge on any atom is -0.460 e. The molecule has 2 saturated heterocycles. The number of sulfonamides is 2. The molecule has 22 heteroatoms. The van der Waals surface area contributed by atoms with Crippen LogP contribution in [-0.4, -0.2) is 100 Å². The van der Waals surface area contributed by atoms with Gasteiger partial charge < -0.3 is 14.8 Å². The highest BCUT2D eigenvalue weighted by molar-refractivity contribution is 9.10. The molecule has 1 amide bonds. The number of hydrogen-bond acceptors (Lipinski definition) is 12. The first-order valence-corrected chi connectivity index (χ1v) is 21.7. The second-order valence-corrected chi connectivity index (χ2v) is 19.8. The molecule has 3 aliphatic heterocycles. The third-order valence-electron chi connectivity index (χ3n) is 10.2. The molecule has 4 aromatic rings. The van der Waals surface area contributed by atoms with Gasteiger partial charge in [0.05, 0.1) is 39.5 Å². The maximum Gasteiger partial charge on any atom is 0.408 e. The fourth-order valence-corrected chi connectivity index (χ4v) is 11.2. The van der Waals surface area contributed by atoms with Gasteiger partial charge in [0.2, 0.25) is 20.0 Å². The van der Waals surface area contributed by atoms with Crippen molar-refractivity contribution in [2.45, 2.75) is 60.3 Å². The maximum atomic E-state index is 14.6. The SMILES string of the molecule is Cn1c(=O)n2n(c1=O)[C@H]1C(=C3CN(S(=O)(=O)c4ccccc4[N+](=O)[O-])C[C@@H](NC(=O)OC(C)(C)C)[C@@H]32)CN(S(=O)(=O)c2ccc(Br)cc2)[C@@H]1COC(=O)c1ccccc1. The third kappa shape index (κ3) is 7.54. The van der Waals surface area contributed by atoms with Crippen molar-refractivity contribution in [3.8, 4) is 0 Å². The molecule has 4 atom stereocenters. The van der Waals surface area contributed by atoms with E-state index < -0.39 is 115 Å². The molecule has 7 rings (SSSR count). The van der Waals surface area contributed by atoms with Gasteiger partial charge in [-0.1, -0.05) is 46.3 Å². The van der Waals surface area contributed by atoms with E-state index in [1.54, 1.807) is 39.0 Å². The Morgan fingerprint density at radius 3 is 2.08 bits per heavy atom. The summed E-state index contributed by atoms with van der Waals surface area (Å²) in [5, 5.41) is 14.7. The summed E-state index contributed by atoms with van der Waals surface area (Å²) in [5.74, 6) is -0.805. The van der Waals surface area contributed by atoms with Crippen LogP contribution in [0.3, 0.4) is 0 Å². The number of carbonyl (C=O) groups excluding carboxylic acids is 2. The smallest absolute Gasteiger partial charge is 0.408 e. The number of alkyl carbamates (subject to hydrolysis) is 1. The van der Waals surface area contributed by atoms with E-state index in [2.05, 4.69) is 21.2 Å². The standard InChI is InChI=1S/C37H38BrN7O12S2/c1-37(2,3)57-34(47)39-27-20-41(59(54,55)30-13-9-8-12-28(30)45(50)51)18-25-26-19-42(58(52,53)24-16-14-23(38)15-17-24)29(21-56-33(46)22-10-6-5-7-11-22)32(26)44-36(49)40(4)35(48)43(44)31(25)27/h5-17,27,29,31-32H,18-21H2,1-4H3,(H,39,47)/t27-,29-,31-,32+/m1/s1. The lowest BCUT2D eigenvalue weighted by Crippen LogP contribution is -2.60. The number of para-hydroxylation sites is 1. The summed E-state index contributed by atoms with van der Waals surface area (Å²) >= 11 is 3.31. The molecule has 3 aliphatic rings. The first-order chi connectivity index (χ1) is 27.7. The zero-order valence-electron chi connectivity index (χ0n) is 31.9. The molecule has 312 valence electrons. The summed E-state index contributed by atoms with van der Waals surface area (Å²) in [6, 6.07) is 12.9. The number of amides is 1. The number of piperidine rings is 1. The van der Waals surface area contributed by atoms with Crippen LogP contribution in [0.25, 0.3) is 0 Å². The van der Waals surface area contributed by atoms with E-state index in [-0.39, 0.29) is 21.6 Å². The lowest BCUT2D eigenvalue weighted by molar-refractivity contribution is -0.387. The van der Waals surface area contributed by atoms with Crippen molar-refractivity contribution in [1.82, 2.24) is 27.9 Å². The number of aromatic nitrogens is 3. The minimum absolute atomic E-state index is 0.130. The van der Waals surface area contributed by atoms with Crippen LogP contribution < -0.4 is 16.7 Å². The van der Waals surface area contributed by atoms with E-state index in [4.69, 9.17) is 9.47 Å². The number of carbonyl (C=O) groups is 2. The average molecular weight is 917 g/mol. The monoisotopic (exact) mass is 915 g/mol. The van der Waals surface area contributed by atoms with Crippen molar-refractivity contribution in [2.24, 2.45) is 7.05 Å². The molecule has 0 spiro atoms. The summed E-state index contributed by atoms with van der Waals surface area (Å²) < 4.78 is 74.9. The molecule has 0 unspecified atom stereocenters. The first kappa shape index (κ1) is 41.7. The van der Waals surface area contributed by atoms with Crippen LogP contribution in [0.4, 0.5) is 10.5 Å². The van der Waals surface area contributed by atoms with E-state index in [1.807, 2.05) is 0 Å². The fraction of sp³-hybridized carbons (Fsp3) is 0.351. The fourth-order valence-electron chi connectivity index (χ4n) is 7.70. The molecule has 0 saturated carbocycles. The number of nitro benzene ring substituents is 1. The van der Waals surface area contributed by atoms with Crippen LogP contribution >= 0.6 is 15.9 Å². The number of rotatable bonds is 9. The molecule has 4 heterocycles. The first-order valence-electron chi connectivity index (χ1n) is 18.1. The summed E-state index contributed by atoms with van der Waals surface area (Å²) in [5.41, 5.74) is -3.03. The second kappa shape index (κ2) is 15.3. The van der Waals surface area contributed by atoms with Crippen LogP contribution in [0, 0.1) is 10.1 Å². The van der Waals surface area contributed by atoms with E-state index in [0.717, 1.165) is 34.7 Å². The molecule has 1 aromatic heterocycles. The van der Waals surface area contributed by atoms with Crippen LogP contribution in [-0.2, 0) is 36.6 Å². The Labute approximate surface area is 345 Å². The lowest BCUT2D eigenvalue weighted by Gasteiger charge is -2.44. The van der Waals surface area contributed by atoms with Gasteiger partial charge in [-0.25, -0.2) is 49.9 Å². The topological polar surface area (TPSA) is 231 Å². The van der Waals surface area contributed by atoms with Crippen LogP contribution in [0.1, 0.15) is 43.2 Å². The Morgan fingerprint density at radius 2 is 1.46 bits per heavy atom. The third-order valence-corrected chi connectivity index (χ3v) is 14.5. The van der Waals surface area contributed by atoms with E-state index in [0.29, 0.717) is 4.47 Å². The highest BCUT2D eigenvalue weighted by Crippen LogP contribution is 2.47. The number of hydrogen-bond donors (Lipinski definition) is 1. The van der Waals surface area contributed by atoms with Crippen molar-refractivity contribution < 1.29 is 40.8 Å². The van der Waals surface area contributed by atoms with Crippen LogP contribution in [0.2, 0.25) is 0 Å². The number of fused-ring (bicyclic) bond motifs is 5. The summed E-state index contributed by atoms with van der Waals surface area (Å²) in [4.78, 5) is 65.5. The molecule has 2 fully saturated rings. The van der Waals surface area contributed by atoms with Gasteiger partial charge >= 0.3 is 23.4 Å². The van der Waals surface area contributed by atoms with Gasteiger partial charge in [0.1, 0.15) is 12.2 Å². The van der Waals surface area contributed by atoms with Crippen molar-refractivity contribution in [3.05, 3.63) is 131 Å². The molecular formula is C37H38BrN7O12S2. The average Bonchev–Trinajstić information content (AvgIpc) is 3.68. The van der Waals surface area contributed by atoms with Gasteiger partial charge in [-0.3, -0.25) is 10.1 Å². The number of nitrogens with zero attached hydrogens (tertiary/aromatic N) is 6. The Morgan fingerprint density at radius 1 is 0.864 bits per heavy atom. The van der Waals surface area contributed by atoms with Crippen molar-refractivity contribution in [1.29, 1.82) is 0 Å². The predicted octanol–water partition coefficient (Wildman–Crippen LogP) is 2.94. The molecule has 3 aromatic carbocycles. The number of nitrogens with one attached hydrogen (secondary N) is 1. The Hall–Kier alpha value is -5.42. The zero-order valence-corrected chi connectivity index (χ0v) is 35.1. The highest BCUT2D eigenvalue weighted by Gasteiger charge is 2.55. The maximum absolute atomic E-state index is 14.6. The summed E-state index contributed by atoms with van der Waals surface area (Å²) in [7, 11) is -8.06. The summed E-state index contributed by atoms with van der Waals surface area (Å²) in [6.45, 7) is 2.59. The van der Waals surface area contributed by atoms with Crippen molar-refractivity contribution >= 4 is 53.7 Å². The van der Waals surface area contributed by atoms with Crippen molar-refractivity contribution in [2.75, 3.05) is 26.2 Å². The number of nitro groups is 1. The molecule has 0 aliphatic carbocycles. The molecular weight excluding hydrogens is 878 g/mol. The van der Waals surface area contributed by atoms with Crippen LogP contribution in [0.5, 0.6) is 0 Å². The van der Waals surface area contributed by atoms with Gasteiger partial charge in [0.25, 0.3) is 5.69 Å². The minimum atomic E-state index is -4.77. The van der Waals surface area contributed by atoms with Gasteiger partial charge in [-0.15, -0.1) is 0 Å². The number of ether oxygens (including phenoxy) is 2. The van der Waals surface area contributed by atoms with Gasteiger partial charge in [0, 0.05) is 37.2 Å². The quantitative estimate of drug-likeness (QED) is 0.111. The molecule has 0 radical (unpaired) electrons. The van der Waals surface area contributed by atoms with E-state index in [1.165, 1.54) is 55.6 Å². The normalized spacial score (nSPS) is 21.0. The van der Waals surface area contributed by atoms with Crippen molar-refractivity contribution in [3.63, 3.8) is 0 Å². The molecule has 19 nitrogen and oxygen atoms in total. The van der Waals surface area contributed by atoms with Gasteiger partial charge in [0.15, 0.2) is 4.90 Å².